The number of nitrogens with two attached hydrogens (primary N) is 1. The maximum absolute atomic E-state index is 10.8. The lowest BCUT2D eigenvalue weighted by Crippen LogP contribution is -2.21. The Balaban J connectivity index is 3.61. The first-order valence-electron chi connectivity index (χ1n) is 3.87. The smallest absolute Gasteiger partial charge is 0.0919 e. The summed E-state index contributed by atoms with van der Waals surface area (Å²) in [6.07, 6.45) is 4.15. The van der Waals surface area contributed by atoms with Crippen molar-refractivity contribution in [2.75, 3.05) is 0 Å². The molecule has 1 unspecified atom stereocenters. The number of hydrogen-bond acceptors (Lipinski definition) is 1. The Bertz CT molecular complexity index is 99.8. The van der Waals surface area contributed by atoms with Crippen LogP contribution >= 0.6 is 0 Å². The molecule has 0 aromatic heterocycles. The molecule has 10 heavy (non-hydrogen) atoms. The van der Waals surface area contributed by atoms with Gasteiger partial charge in [0.05, 0.1) is 11.0 Å². The van der Waals surface area contributed by atoms with Crippen molar-refractivity contribution < 1.29 is 4.21 Å². The Hall–Kier alpha value is 0.110. The molecule has 2 nitrogen and oxygen atoms in total. The summed E-state index contributed by atoms with van der Waals surface area (Å²) < 4.78 is 10.8. The van der Waals surface area contributed by atoms with Gasteiger partial charge in [-0.05, 0) is 12.8 Å². The minimum absolute atomic E-state index is 0.231. The van der Waals surface area contributed by atoms with Crippen LogP contribution in [-0.2, 0) is 11.0 Å². The molecular weight excluding hydrogens is 146 g/mol. The molecule has 0 aliphatic heterocycles. The van der Waals surface area contributed by atoms with Crippen LogP contribution < -0.4 is 5.14 Å². The highest BCUT2D eigenvalue weighted by atomic mass is 32.2. The van der Waals surface area contributed by atoms with Gasteiger partial charge in [-0.1, -0.05) is 26.7 Å². The highest BCUT2D eigenvalue weighted by Gasteiger charge is 2.09. The lowest BCUT2D eigenvalue weighted by molar-refractivity contribution is 0.624. The molecule has 0 rings (SSSR count). The van der Waals surface area contributed by atoms with E-state index in [4.69, 9.17) is 5.14 Å². The first kappa shape index (κ1) is 10.1. The van der Waals surface area contributed by atoms with Crippen LogP contribution in [0.5, 0.6) is 0 Å². The van der Waals surface area contributed by atoms with Crippen LogP contribution in [0.3, 0.4) is 0 Å². The number of rotatable bonds is 5. The Morgan fingerprint density at radius 1 is 1.30 bits per heavy atom. The maximum atomic E-state index is 10.8. The fraction of sp³-hybridized carbons (Fsp3) is 1.00. The third-order valence-corrected chi connectivity index (χ3v) is 2.68. The normalized spacial score (nSPS) is 14.0. The minimum Gasteiger partial charge on any atom is -0.252 e. The average Bonchev–Trinajstić information content (AvgIpc) is 1.87. The molecule has 0 aliphatic carbocycles. The Labute approximate surface area is 65.8 Å². The van der Waals surface area contributed by atoms with Crippen LogP contribution in [0, 0.1) is 0 Å². The summed E-state index contributed by atoms with van der Waals surface area (Å²) in [5, 5.41) is 5.51. The molecule has 0 aliphatic rings. The van der Waals surface area contributed by atoms with Crippen molar-refractivity contribution in [3.8, 4) is 0 Å². The summed E-state index contributed by atoms with van der Waals surface area (Å²) in [4.78, 5) is 0. The van der Waals surface area contributed by atoms with Gasteiger partial charge in [-0.3, -0.25) is 5.14 Å². The van der Waals surface area contributed by atoms with Gasteiger partial charge < -0.3 is 0 Å². The van der Waals surface area contributed by atoms with E-state index in [1.807, 2.05) is 0 Å². The van der Waals surface area contributed by atoms with Crippen molar-refractivity contribution in [2.45, 2.75) is 44.8 Å². The monoisotopic (exact) mass is 163 g/mol. The number of hydrogen-bond donors (Lipinski definition) is 1. The molecule has 0 heterocycles. The zero-order valence-corrected chi connectivity index (χ0v) is 7.62. The van der Waals surface area contributed by atoms with E-state index in [2.05, 4.69) is 13.8 Å². The van der Waals surface area contributed by atoms with Crippen LogP contribution in [0.15, 0.2) is 0 Å². The average molecular weight is 163 g/mol. The Morgan fingerprint density at radius 2 is 1.70 bits per heavy atom. The van der Waals surface area contributed by atoms with Gasteiger partial charge in [0.15, 0.2) is 0 Å². The molecular formula is C7H17NOS. The lowest BCUT2D eigenvalue weighted by Gasteiger charge is -2.09. The van der Waals surface area contributed by atoms with Crippen molar-refractivity contribution in [3.05, 3.63) is 0 Å². The highest BCUT2D eigenvalue weighted by Crippen LogP contribution is 2.08. The standard InChI is InChI=1S/C7H17NOS/c1-3-5-7(6-4-2)10(8)9/h7H,3-6,8H2,1-2H3. The van der Waals surface area contributed by atoms with Gasteiger partial charge in [0, 0.05) is 5.25 Å². The predicted octanol–water partition coefficient (Wildman–Crippen LogP) is 1.58. The van der Waals surface area contributed by atoms with E-state index in [0.717, 1.165) is 25.7 Å². The second-order valence-corrected chi connectivity index (χ2v) is 3.85. The summed E-state index contributed by atoms with van der Waals surface area (Å²) in [6, 6.07) is 0. The molecule has 0 amide bonds. The fourth-order valence-corrected chi connectivity index (χ4v) is 1.96. The van der Waals surface area contributed by atoms with Crippen LogP contribution in [0.25, 0.3) is 0 Å². The van der Waals surface area contributed by atoms with Crippen molar-refractivity contribution >= 4 is 11.0 Å². The van der Waals surface area contributed by atoms with E-state index in [-0.39, 0.29) is 5.25 Å². The SMILES string of the molecule is CCCC(CCC)S(N)=O. The van der Waals surface area contributed by atoms with Gasteiger partial charge >= 0.3 is 0 Å². The molecule has 0 saturated heterocycles. The molecule has 3 heteroatoms. The summed E-state index contributed by atoms with van der Waals surface area (Å²) >= 11 is 0. The maximum Gasteiger partial charge on any atom is 0.0919 e. The quantitative estimate of drug-likeness (QED) is 0.657. The largest absolute Gasteiger partial charge is 0.252 e. The minimum atomic E-state index is -1.10. The second-order valence-electron chi connectivity index (χ2n) is 2.53. The first-order chi connectivity index (χ1) is 4.72. The zero-order valence-electron chi connectivity index (χ0n) is 6.80. The molecule has 0 bridgehead atoms. The Kier molecular flexibility index (Phi) is 5.93. The molecule has 0 spiro atoms. The van der Waals surface area contributed by atoms with E-state index in [1.54, 1.807) is 0 Å². The van der Waals surface area contributed by atoms with Gasteiger partial charge in [0.1, 0.15) is 0 Å². The van der Waals surface area contributed by atoms with E-state index in [9.17, 15) is 4.21 Å². The highest BCUT2D eigenvalue weighted by molar-refractivity contribution is 7.83. The second kappa shape index (κ2) is 5.86. The van der Waals surface area contributed by atoms with E-state index in [0.29, 0.717) is 0 Å². The summed E-state index contributed by atoms with van der Waals surface area (Å²) in [5.74, 6) is 0. The first-order valence-corrected chi connectivity index (χ1v) is 5.14. The topological polar surface area (TPSA) is 43.1 Å². The molecule has 2 N–H and O–H groups in total. The molecule has 0 aromatic rings. The lowest BCUT2D eigenvalue weighted by atomic mass is 10.2. The van der Waals surface area contributed by atoms with Crippen molar-refractivity contribution in [1.29, 1.82) is 0 Å². The van der Waals surface area contributed by atoms with Gasteiger partial charge in [-0.2, -0.15) is 0 Å². The molecule has 0 fully saturated rings. The van der Waals surface area contributed by atoms with Crippen LogP contribution in [-0.4, -0.2) is 9.46 Å². The van der Waals surface area contributed by atoms with Gasteiger partial charge in [-0.15, -0.1) is 0 Å². The predicted molar refractivity (Wildman–Crippen MR) is 45.9 cm³/mol. The van der Waals surface area contributed by atoms with Crippen molar-refractivity contribution in [3.63, 3.8) is 0 Å². The molecule has 1 atom stereocenters. The van der Waals surface area contributed by atoms with Crippen molar-refractivity contribution in [1.82, 2.24) is 0 Å². The summed E-state index contributed by atoms with van der Waals surface area (Å²) in [5.41, 5.74) is 0. The summed E-state index contributed by atoms with van der Waals surface area (Å²) in [6.45, 7) is 4.19. The summed E-state index contributed by atoms with van der Waals surface area (Å²) in [7, 11) is -1.10. The zero-order chi connectivity index (χ0) is 7.98. The molecule has 62 valence electrons. The van der Waals surface area contributed by atoms with Gasteiger partial charge in [0.2, 0.25) is 0 Å². The fourth-order valence-electron chi connectivity index (χ4n) is 1.02. The third kappa shape index (κ3) is 4.01. The Morgan fingerprint density at radius 3 is 1.90 bits per heavy atom. The van der Waals surface area contributed by atoms with E-state index < -0.39 is 11.0 Å². The van der Waals surface area contributed by atoms with Crippen LogP contribution in [0.2, 0.25) is 0 Å². The third-order valence-electron chi connectivity index (χ3n) is 1.55. The van der Waals surface area contributed by atoms with Crippen LogP contribution in [0.1, 0.15) is 39.5 Å². The van der Waals surface area contributed by atoms with Crippen LogP contribution in [0.4, 0.5) is 0 Å². The molecule has 0 saturated carbocycles. The van der Waals surface area contributed by atoms with Gasteiger partial charge in [0.25, 0.3) is 0 Å². The van der Waals surface area contributed by atoms with E-state index >= 15 is 0 Å². The molecule has 0 radical (unpaired) electrons. The molecule has 0 aromatic carbocycles. The van der Waals surface area contributed by atoms with Gasteiger partial charge in [-0.25, -0.2) is 4.21 Å². The van der Waals surface area contributed by atoms with E-state index in [1.165, 1.54) is 0 Å². The van der Waals surface area contributed by atoms with Crippen molar-refractivity contribution in [2.24, 2.45) is 5.14 Å².